The summed E-state index contributed by atoms with van der Waals surface area (Å²) in [7, 11) is 0. The molecule has 1 heterocycles. The van der Waals surface area contributed by atoms with Gasteiger partial charge in [-0.3, -0.25) is 0 Å². The third-order valence-corrected chi connectivity index (χ3v) is 4.49. The zero-order valence-electron chi connectivity index (χ0n) is 11.9. The average molecular weight is 279 g/mol. The summed E-state index contributed by atoms with van der Waals surface area (Å²) in [4.78, 5) is 0. The largest absolute Gasteiger partial charge is 0.487 e. The number of rotatable bonds is 3. The zero-order valence-corrected chi connectivity index (χ0v) is 11.9. The fourth-order valence-electron chi connectivity index (χ4n) is 3.08. The first-order chi connectivity index (χ1) is 9.58. The molecule has 2 aliphatic rings. The Hall–Kier alpha value is -1.13. The molecule has 0 aromatic heterocycles. The Labute approximate surface area is 119 Å². The van der Waals surface area contributed by atoms with E-state index in [2.05, 4.69) is 0 Å². The monoisotopic (exact) mass is 279 g/mol. The van der Waals surface area contributed by atoms with E-state index >= 15 is 0 Å². The summed E-state index contributed by atoms with van der Waals surface area (Å²) in [6, 6.07) is 4.83. The normalized spacial score (nSPS) is 26.1. The van der Waals surface area contributed by atoms with E-state index in [1.54, 1.807) is 6.07 Å². The average Bonchev–Trinajstić information content (AvgIpc) is 2.39. The number of hydrogen-bond donors (Lipinski definition) is 1. The minimum Gasteiger partial charge on any atom is -0.487 e. The van der Waals surface area contributed by atoms with Gasteiger partial charge in [0, 0.05) is 18.9 Å². The molecule has 1 aliphatic heterocycles. The Kier molecular flexibility index (Phi) is 3.69. The summed E-state index contributed by atoms with van der Waals surface area (Å²) in [5.41, 5.74) is 6.56. The molecule has 3 nitrogen and oxygen atoms in total. The van der Waals surface area contributed by atoms with E-state index in [1.807, 2.05) is 13.0 Å². The molecule has 20 heavy (non-hydrogen) atoms. The summed E-state index contributed by atoms with van der Waals surface area (Å²) >= 11 is 0. The van der Waals surface area contributed by atoms with Gasteiger partial charge < -0.3 is 15.2 Å². The molecule has 1 spiro atoms. The topological polar surface area (TPSA) is 44.5 Å². The van der Waals surface area contributed by atoms with Crippen LogP contribution in [-0.2, 0) is 4.74 Å². The van der Waals surface area contributed by atoms with Crippen molar-refractivity contribution in [3.8, 4) is 5.75 Å². The van der Waals surface area contributed by atoms with Gasteiger partial charge in [-0.2, -0.15) is 0 Å². The quantitative estimate of drug-likeness (QED) is 0.923. The molecule has 110 valence electrons. The van der Waals surface area contributed by atoms with E-state index in [9.17, 15) is 4.39 Å². The molecule has 3 rings (SSSR count). The van der Waals surface area contributed by atoms with Crippen LogP contribution in [0.2, 0.25) is 0 Å². The molecule has 4 heteroatoms. The molecular formula is C16H22FNO2. The van der Waals surface area contributed by atoms with Crippen LogP contribution in [0, 0.1) is 5.82 Å². The third-order valence-electron chi connectivity index (χ3n) is 4.49. The second-order valence-corrected chi connectivity index (χ2v) is 6.10. The second kappa shape index (κ2) is 5.34. The van der Waals surface area contributed by atoms with Crippen molar-refractivity contribution in [3.63, 3.8) is 0 Å². The number of ether oxygens (including phenoxy) is 2. The van der Waals surface area contributed by atoms with E-state index in [0.29, 0.717) is 12.4 Å². The van der Waals surface area contributed by atoms with Crippen molar-refractivity contribution in [1.29, 1.82) is 0 Å². The molecule has 2 N–H and O–H groups in total. The fourth-order valence-corrected chi connectivity index (χ4v) is 3.08. The summed E-state index contributed by atoms with van der Waals surface area (Å²) in [5, 5.41) is 0. The molecule has 0 bridgehead atoms. The van der Waals surface area contributed by atoms with Gasteiger partial charge >= 0.3 is 0 Å². The molecule has 1 aromatic carbocycles. The first kappa shape index (κ1) is 13.8. The van der Waals surface area contributed by atoms with Gasteiger partial charge in [-0.25, -0.2) is 4.39 Å². The van der Waals surface area contributed by atoms with Gasteiger partial charge in [0.25, 0.3) is 0 Å². The highest BCUT2D eigenvalue weighted by atomic mass is 19.1. The highest BCUT2D eigenvalue weighted by Gasteiger charge is 2.43. The second-order valence-electron chi connectivity index (χ2n) is 6.10. The van der Waals surface area contributed by atoms with Crippen LogP contribution in [0.3, 0.4) is 0 Å². The molecule has 1 aromatic rings. The van der Waals surface area contributed by atoms with Gasteiger partial charge in [-0.1, -0.05) is 6.07 Å². The van der Waals surface area contributed by atoms with E-state index in [1.165, 1.54) is 12.5 Å². The van der Waals surface area contributed by atoms with Crippen molar-refractivity contribution >= 4 is 0 Å². The lowest BCUT2D eigenvalue weighted by Crippen LogP contribution is -2.48. The van der Waals surface area contributed by atoms with Gasteiger partial charge in [0.15, 0.2) is 11.6 Å². The summed E-state index contributed by atoms with van der Waals surface area (Å²) in [6.45, 7) is 2.55. The van der Waals surface area contributed by atoms with Crippen LogP contribution in [0.5, 0.6) is 5.75 Å². The molecule has 1 saturated heterocycles. The number of halogens is 1. The first-order valence-corrected chi connectivity index (χ1v) is 7.44. The smallest absolute Gasteiger partial charge is 0.165 e. The van der Waals surface area contributed by atoms with Gasteiger partial charge in [-0.15, -0.1) is 0 Å². The highest BCUT2D eigenvalue weighted by Crippen LogP contribution is 2.43. The van der Waals surface area contributed by atoms with Crippen molar-refractivity contribution in [3.05, 3.63) is 29.6 Å². The summed E-state index contributed by atoms with van der Waals surface area (Å²) in [6.07, 6.45) is 5.21. The lowest BCUT2D eigenvalue weighted by atomic mass is 9.74. The fraction of sp³-hybridized carbons (Fsp3) is 0.625. The molecule has 2 fully saturated rings. The predicted molar refractivity (Wildman–Crippen MR) is 75.2 cm³/mol. The molecule has 0 radical (unpaired) electrons. The molecule has 1 saturated carbocycles. The van der Waals surface area contributed by atoms with Crippen LogP contribution < -0.4 is 10.5 Å². The number of benzene rings is 1. The lowest BCUT2D eigenvalue weighted by molar-refractivity contribution is -0.153. The standard InChI is InChI=1S/C16H22FNO2/c1-11(18)12-3-4-15(14(17)9-12)20-13-5-8-19-16(10-13)6-2-7-16/h3-4,9,11,13H,2,5-8,10,18H2,1H3/t11-,13?/m1/s1. The summed E-state index contributed by atoms with van der Waals surface area (Å²) < 4.78 is 25.8. The van der Waals surface area contributed by atoms with E-state index in [4.69, 9.17) is 15.2 Å². The van der Waals surface area contributed by atoms with Crippen LogP contribution >= 0.6 is 0 Å². The van der Waals surface area contributed by atoms with Gasteiger partial charge in [0.2, 0.25) is 0 Å². The van der Waals surface area contributed by atoms with Crippen LogP contribution in [-0.4, -0.2) is 18.3 Å². The molecule has 1 unspecified atom stereocenters. The number of hydrogen-bond acceptors (Lipinski definition) is 3. The Morgan fingerprint density at radius 1 is 1.45 bits per heavy atom. The Bertz CT molecular complexity index is 485. The van der Waals surface area contributed by atoms with E-state index in [-0.39, 0.29) is 23.6 Å². The van der Waals surface area contributed by atoms with Crippen LogP contribution in [0.15, 0.2) is 18.2 Å². The third kappa shape index (κ3) is 2.67. The Balaban J connectivity index is 1.68. The minimum atomic E-state index is -0.325. The van der Waals surface area contributed by atoms with E-state index < -0.39 is 0 Å². The zero-order chi connectivity index (χ0) is 14.2. The maximum atomic E-state index is 14.0. The predicted octanol–water partition coefficient (Wildman–Crippen LogP) is 3.33. The molecule has 0 amide bonds. The first-order valence-electron chi connectivity index (χ1n) is 7.44. The van der Waals surface area contributed by atoms with Crippen LogP contribution in [0.25, 0.3) is 0 Å². The highest BCUT2D eigenvalue weighted by molar-refractivity contribution is 5.31. The maximum absolute atomic E-state index is 14.0. The SMILES string of the molecule is C[C@@H](N)c1ccc(OC2CCOC3(CCC3)C2)c(F)c1. The van der Waals surface area contributed by atoms with Gasteiger partial charge in [0.1, 0.15) is 6.10 Å². The lowest BCUT2D eigenvalue weighted by Gasteiger charge is -2.46. The van der Waals surface area contributed by atoms with Crippen molar-refractivity contribution < 1.29 is 13.9 Å². The van der Waals surface area contributed by atoms with Crippen molar-refractivity contribution in [2.45, 2.75) is 56.8 Å². The van der Waals surface area contributed by atoms with Crippen molar-refractivity contribution in [2.24, 2.45) is 5.73 Å². The van der Waals surface area contributed by atoms with Gasteiger partial charge in [0.05, 0.1) is 12.2 Å². The summed E-state index contributed by atoms with van der Waals surface area (Å²) in [5.74, 6) is 0.00437. The van der Waals surface area contributed by atoms with Gasteiger partial charge in [-0.05, 0) is 43.9 Å². The van der Waals surface area contributed by atoms with E-state index in [0.717, 1.165) is 31.2 Å². The maximum Gasteiger partial charge on any atom is 0.165 e. The van der Waals surface area contributed by atoms with Crippen molar-refractivity contribution in [2.75, 3.05) is 6.61 Å². The van der Waals surface area contributed by atoms with Crippen LogP contribution in [0.4, 0.5) is 4.39 Å². The molecule has 1 aliphatic carbocycles. The molecular weight excluding hydrogens is 257 g/mol. The van der Waals surface area contributed by atoms with Crippen LogP contribution in [0.1, 0.15) is 50.6 Å². The Morgan fingerprint density at radius 3 is 2.85 bits per heavy atom. The molecule has 2 atom stereocenters. The Morgan fingerprint density at radius 2 is 2.25 bits per heavy atom. The van der Waals surface area contributed by atoms with Crippen molar-refractivity contribution in [1.82, 2.24) is 0 Å². The minimum absolute atomic E-state index is 0.0190. The number of nitrogens with two attached hydrogens (primary N) is 1.